The first kappa shape index (κ1) is 22.9. The standard InChI is InChI=1S/C22H25FN2O5/c1-4-25(5-2)21(27)16-7-6-8-18(13-16)24-20(26)14-29-22(28)15(3)30-19-11-9-17(23)10-12-19/h6-13,15H,4-5,14H2,1-3H3,(H,24,26)/t15-/m0/s1. The van der Waals surface area contributed by atoms with Crippen molar-refractivity contribution in [1.29, 1.82) is 0 Å². The Morgan fingerprint density at radius 1 is 1.07 bits per heavy atom. The first-order valence-corrected chi connectivity index (χ1v) is 9.62. The van der Waals surface area contributed by atoms with E-state index in [4.69, 9.17) is 9.47 Å². The molecule has 0 heterocycles. The lowest BCUT2D eigenvalue weighted by atomic mass is 10.1. The summed E-state index contributed by atoms with van der Waals surface area (Å²) in [5.74, 6) is -1.53. The molecular weight excluding hydrogens is 391 g/mol. The summed E-state index contributed by atoms with van der Waals surface area (Å²) in [5, 5.41) is 2.59. The second-order valence-electron chi connectivity index (χ2n) is 6.43. The highest BCUT2D eigenvalue weighted by Crippen LogP contribution is 2.14. The fraction of sp³-hybridized carbons (Fsp3) is 0.318. The average Bonchev–Trinajstić information content (AvgIpc) is 2.74. The highest BCUT2D eigenvalue weighted by atomic mass is 19.1. The molecule has 2 amide bonds. The number of hydrogen-bond donors (Lipinski definition) is 1. The number of nitrogens with one attached hydrogen (secondary N) is 1. The summed E-state index contributed by atoms with van der Waals surface area (Å²) < 4.78 is 23.2. The Kier molecular flexibility index (Phi) is 8.34. The average molecular weight is 416 g/mol. The van der Waals surface area contributed by atoms with Gasteiger partial charge in [0.1, 0.15) is 11.6 Å². The van der Waals surface area contributed by atoms with Crippen LogP contribution in [-0.2, 0) is 14.3 Å². The summed E-state index contributed by atoms with van der Waals surface area (Å²) in [6.07, 6.45) is -0.974. The van der Waals surface area contributed by atoms with Gasteiger partial charge in [0.2, 0.25) is 0 Å². The molecule has 2 aromatic carbocycles. The Balaban J connectivity index is 1.86. The van der Waals surface area contributed by atoms with Gasteiger partial charge in [-0.3, -0.25) is 9.59 Å². The third kappa shape index (κ3) is 6.58. The predicted molar refractivity (Wildman–Crippen MR) is 110 cm³/mol. The topological polar surface area (TPSA) is 84.9 Å². The minimum absolute atomic E-state index is 0.130. The van der Waals surface area contributed by atoms with Crippen LogP contribution in [0.5, 0.6) is 5.75 Å². The van der Waals surface area contributed by atoms with Crippen molar-refractivity contribution in [2.24, 2.45) is 0 Å². The Labute approximate surface area is 174 Å². The number of amides is 2. The van der Waals surface area contributed by atoms with Gasteiger partial charge >= 0.3 is 5.97 Å². The van der Waals surface area contributed by atoms with Crippen molar-refractivity contribution >= 4 is 23.5 Å². The van der Waals surface area contributed by atoms with Gasteiger partial charge in [-0.25, -0.2) is 9.18 Å². The summed E-state index contributed by atoms with van der Waals surface area (Å²) in [7, 11) is 0. The molecule has 0 aromatic heterocycles. The first-order valence-electron chi connectivity index (χ1n) is 9.62. The number of esters is 1. The Morgan fingerprint density at radius 2 is 1.73 bits per heavy atom. The van der Waals surface area contributed by atoms with Gasteiger partial charge in [-0.2, -0.15) is 0 Å². The van der Waals surface area contributed by atoms with Crippen LogP contribution in [0, 0.1) is 5.82 Å². The zero-order chi connectivity index (χ0) is 22.1. The molecule has 0 radical (unpaired) electrons. The van der Waals surface area contributed by atoms with E-state index in [9.17, 15) is 18.8 Å². The van der Waals surface area contributed by atoms with Crippen LogP contribution in [0.15, 0.2) is 48.5 Å². The number of benzene rings is 2. The summed E-state index contributed by atoms with van der Waals surface area (Å²) >= 11 is 0. The van der Waals surface area contributed by atoms with E-state index in [-0.39, 0.29) is 5.91 Å². The minimum Gasteiger partial charge on any atom is -0.479 e. The number of carbonyl (C=O) groups is 3. The van der Waals surface area contributed by atoms with Gasteiger partial charge in [-0.05, 0) is 63.2 Å². The van der Waals surface area contributed by atoms with E-state index in [2.05, 4.69) is 5.32 Å². The van der Waals surface area contributed by atoms with Crippen LogP contribution in [0.4, 0.5) is 10.1 Å². The number of hydrogen-bond acceptors (Lipinski definition) is 5. The summed E-state index contributed by atoms with van der Waals surface area (Å²) in [4.78, 5) is 38.2. The second-order valence-corrected chi connectivity index (χ2v) is 6.43. The van der Waals surface area contributed by atoms with Crippen LogP contribution in [0.3, 0.4) is 0 Å². The normalized spacial score (nSPS) is 11.3. The Morgan fingerprint density at radius 3 is 2.37 bits per heavy atom. The van der Waals surface area contributed by atoms with Crippen molar-refractivity contribution in [2.45, 2.75) is 26.9 Å². The largest absolute Gasteiger partial charge is 0.479 e. The van der Waals surface area contributed by atoms with E-state index in [0.717, 1.165) is 0 Å². The molecule has 0 saturated heterocycles. The zero-order valence-corrected chi connectivity index (χ0v) is 17.2. The third-order valence-electron chi connectivity index (χ3n) is 4.25. The molecule has 1 atom stereocenters. The van der Waals surface area contributed by atoms with E-state index in [0.29, 0.717) is 30.1 Å². The van der Waals surface area contributed by atoms with Gasteiger partial charge in [0, 0.05) is 24.3 Å². The van der Waals surface area contributed by atoms with Crippen LogP contribution in [0.25, 0.3) is 0 Å². The Bertz CT molecular complexity index is 881. The van der Waals surface area contributed by atoms with Crippen molar-refractivity contribution in [3.63, 3.8) is 0 Å². The smallest absolute Gasteiger partial charge is 0.347 e. The van der Waals surface area contributed by atoms with Gasteiger partial charge in [-0.15, -0.1) is 0 Å². The van der Waals surface area contributed by atoms with E-state index in [1.807, 2.05) is 13.8 Å². The first-order chi connectivity index (χ1) is 14.3. The number of carbonyl (C=O) groups excluding carboxylic acids is 3. The summed E-state index contributed by atoms with van der Waals surface area (Å²) in [6.45, 7) is 5.90. The lowest BCUT2D eigenvalue weighted by molar-refractivity contribution is -0.153. The Hall–Kier alpha value is -3.42. The highest BCUT2D eigenvalue weighted by Gasteiger charge is 2.18. The molecule has 0 fully saturated rings. The molecule has 0 aliphatic rings. The van der Waals surface area contributed by atoms with Gasteiger partial charge in [-0.1, -0.05) is 6.07 Å². The fourth-order valence-corrected chi connectivity index (χ4v) is 2.64. The zero-order valence-electron chi connectivity index (χ0n) is 17.2. The quantitative estimate of drug-likeness (QED) is 0.635. The molecule has 2 rings (SSSR count). The summed E-state index contributed by atoms with van der Waals surface area (Å²) in [5.41, 5.74) is 0.875. The summed E-state index contributed by atoms with van der Waals surface area (Å²) in [6, 6.07) is 11.7. The molecule has 0 saturated carbocycles. The lowest BCUT2D eigenvalue weighted by Gasteiger charge is -2.19. The van der Waals surface area contributed by atoms with Crippen LogP contribution in [0.1, 0.15) is 31.1 Å². The molecule has 0 aliphatic carbocycles. The van der Waals surface area contributed by atoms with Gasteiger partial charge in [0.05, 0.1) is 0 Å². The van der Waals surface area contributed by atoms with Crippen molar-refractivity contribution in [1.82, 2.24) is 4.90 Å². The predicted octanol–water partition coefficient (Wildman–Crippen LogP) is 3.26. The number of ether oxygens (including phenoxy) is 2. The molecule has 0 unspecified atom stereocenters. The van der Waals surface area contributed by atoms with E-state index >= 15 is 0 Å². The second kappa shape index (κ2) is 10.9. The maximum Gasteiger partial charge on any atom is 0.347 e. The minimum atomic E-state index is -0.974. The third-order valence-corrected chi connectivity index (χ3v) is 4.25. The number of nitrogens with zero attached hydrogens (tertiary/aromatic N) is 1. The number of halogens is 1. The molecule has 0 spiro atoms. The SMILES string of the molecule is CCN(CC)C(=O)c1cccc(NC(=O)COC(=O)[C@H](C)Oc2ccc(F)cc2)c1. The molecule has 2 aromatic rings. The lowest BCUT2D eigenvalue weighted by Crippen LogP contribution is -2.31. The molecule has 8 heteroatoms. The van der Waals surface area contributed by atoms with E-state index < -0.39 is 30.4 Å². The van der Waals surface area contributed by atoms with Gasteiger partial charge in [0.15, 0.2) is 12.7 Å². The molecule has 30 heavy (non-hydrogen) atoms. The van der Waals surface area contributed by atoms with E-state index in [1.165, 1.54) is 31.2 Å². The van der Waals surface area contributed by atoms with Crippen molar-refractivity contribution < 1.29 is 28.2 Å². The van der Waals surface area contributed by atoms with Gasteiger partial charge < -0.3 is 19.7 Å². The van der Waals surface area contributed by atoms with E-state index in [1.54, 1.807) is 29.2 Å². The molecule has 0 aliphatic heterocycles. The molecule has 160 valence electrons. The van der Waals surface area contributed by atoms with Crippen LogP contribution < -0.4 is 10.1 Å². The van der Waals surface area contributed by atoms with Crippen molar-refractivity contribution in [3.05, 3.63) is 59.9 Å². The van der Waals surface area contributed by atoms with Crippen LogP contribution >= 0.6 is 0 Å². The fourth-order valence-electron chi connectivity index (χ4n) is 2.64. The van der Waals surface area contributed by atoms with Crippen molar-refractivity contribution in [2.75, 3.05) is 25.0 Å². The van der Waals surface area contributed by atoms with Gasteiger partial charge in [0.25, 0.3) is 11.8 Å². The molecule has 7 nitrogen and oxygen atoms in total. The molecule has 1 N–H and O–H groups in total. The number of rotatable bonds is 9. The highest BCUT2D eigenvalue weighted by molar-refractivity contribution is 5.97. The maximum absolute atomic E-state index is 12.9. The number of anilines is 1. The van der Waals surface area contributed by atoms with Crippen LogP contribution in [-0.4, -0.2) is 48.5 Å². The molecule has 0 bridgehead atoms. The maximum atomic E-state index is 12.9. The van der Waals surface area contributed by atoms with Crippen molar-refractivity contribution in [3.8, 4) is 5.75 Å². The molecular formula is C22H25FN2O5. The monoisotopic (exact) mass is 416 g/mol. The van der Waals surface area contributed by atoms with Crippen LogP contribution in [0.2, 0.25) is 0 Å².